The van der Waals surface area contributed by atoms with Crippen molar-refractivity contribution in [3.05, 3.63) is 54.5 Å². The Labute approximate surface area is 245 Å². The lowest BCUT2D eigenvalue weighted by atomic mass is 9.91. The first-order chi connectivity index (χ1) is 20.2. The number of nitrogens with one attached hydrogen (secondary N) is 2. The van der Waals surface area contributed by atoms with E-state index >= 15 is 0 Å². The van der Waals surface area contributed by atoms with Gasteiger partial charge in [0.1, 0.15) is 6.33 Å². The van der Waals surface area contributed by atoms with Crippen molar-refractivity contribution in [1.82, 2.24) is 20.2 Å². The van der Waals surface area contributed by atoms with E-state index in [9.17, 15) is 4.79 Å². The van der Waals surface area contributed by atoms with E-state index in [2.05, 4.69) is 60.7 Å². The maximum absolute atomic E-state index is 12.9. The zero-order valence-corrected chi connectivity index (χ0v) is 25.2. The van der Waals surface area contributed by atoms with Gasteiger partial charge in [0.25, 0.3) is 0 Å². The fourth-order valence-corrected chi connectivity index (χ4v) is 5.70. The molecule has 1 aromatic heterocycles. The first-order valence-electron chi connectivity index (χ1n) is 15.2. The number of benzene rings is 2. The second-order valence-electron chi connectivity index (χ2n) is 10.5. The highest BCUT2D eigenvalue weighted by atomic mass is 16.5. The number of anilines is 3. The molecular formula is C32H47N7O2. The summed E-state index contributed by atoms with van der Waals surface area (Å²) in [5.41, 5.74) is 5.39. The lowest BCUT2D eigenvalue weighted by Crippen LogP contribution is -2.40. The van der Waals surface area contributed by atoms with Crippen LogP contribution in [0.3, 0.4) is 0 Å². The van der Waals surface area contributed by atoms with Gasteiger partial charge < -0.3 is 30.1 Å². The Bertz CT molecular complexity index is 1220. The predicted molar refractivity (Wildman–Crippen MR) is 169 cm³/mol. The third-order valence-electron chi connectivity index (χ3n) is 7.79. The van der Waals surface area contributed by atoms with Gasteiger partial charge in [0.05, 0.1) is 24.4 Å². The number of amides is 2. The summed E-state index contributed by atoms with van der Waals surface area (Å²) in [5, 5.41) is 6.96. The zero-order chi connectivity index (χ0) is 29.0. The van der Waals surface area contributed by atoms with Crippen LogP contribution < -0.4 is 20.4 Å². The average Bonchev–Trinajstić information content (AvgIpc) is 3.58. The van der Waals surface area contributed by atoms with Crippen molar-refractivity contribution >= 4 is 34.0 Å². The number of aromatic nitrogens is 2. The maximum atomic E-state index is 12.9. The third-order valence-corrected chi connectivity index (χ3v) is 7.79. The Kier molecular flexibility index (Phi) is 11.6. The molecule has 9 nitrogen and oxygen atoms in total. The molecule has 3 aromatic rings. The fraction of sp³-hybridized carbons (Fsp3) is 0.531. The van der Waals surface area contributed by atoms with Crippen LogP contribution in [0.5, 0.6) is 0 Å². The molecule has 2 aromatic carbocycles. The number of morpholine rings is 1. The van der Waals surface area contributed by atoms with Crippen LogP contribution in [0.15, 0.2) is 48.8 Å². The highest BCUT2D eigenvalue weighted by Gasteiger charge is 2.26. The highest BCUT2D eigenvalue weighted by molar-refractivity contribution is 5.89. The average molecular weight is 562 g/mol. The quantitative estimate of drug-likeness (QED) is 0.445. The van der Waals surface area contributed by atoms with E-state index in [4.69, 9.17) is 4.74 Å². The standard InChI is InChI=1S/C28H34N6O2.C2H7N.C2H6/c35-28(31-22-3-5-23(6-4-22)33-15-17-36-18-16-33)34-13-9-21(10-14-34)27-25-8-7-24(32-11-1-2-12-32)19-26(25)29-20-30-27;1-3-2;1-2/h3-8,19-21H,1-2,9-18H2,(H,31,35);3H,1-2H3;1-2H3. The first-order valence-corrected chi connectivity index (χ1v) is 15.2. The minimum Gasteiger partial charge on any atom is -0.378 e. The van der Waals surface area contributed by atoms with E-state index < -0.39 is 0 Å². The summed E-state index contributed by atoms with van der Waals surface area (Å²) in [6.07, 6.45) is 6.04. The predicted octanol–water partition coefficient (Wildman–Crippen LogP) is 5.34. The van der Waals surface area contributed by atoms with Gasteiger partial charge in [-0.05, 0) is 82.2 Å². The number of rotatable bonds is 4. The molecule has 9 heteroatoms. The van der Waals surface area contributed by atoms with E-state index in [1.807, 2.05) is 45.0 Å². The number of carbonyl (C=O) groups excluding carboxylic acids is 1. The van der Waals surface area contributed by atoms with Gasteiger partial charge in [0, 0.05) is 67.6 Å². The van der Waals surface area contributed by atoms with Crippen molar-refractivity contribution in [1.29, 1.82) is 0 Å². The molecule has 3 fully saturated rings. The number of hydrogen-bond acceptors (Lipinski definition) is 7. The molecule has 3 aliphatic heterocycles. The topological polar surface area (TPSA) is 85.9 Å². The van der Waals surface area contributed by atoms with Gasteiger partial charge in [0.15, 0.2) is 0 Å². The Hall–Kier alpha value is -3.43. The minimum atomic E-state index is -0.0321. The van der Waals surface area contributed by atoms with Crippen LogP contribution in [0.2, 0.25) is 0 Å². The van der Waals surface area contributed by atoms with Crippen molar-refractivity contribution in [2.45, 2.75) is 45.4 Å². The molecule has 0 bridgehead atoms. The van der Waals surface area contributed by atoms with Crippen molar-refractivity contribution in [3.63, 3.8) is 0 Å². The molecule has 41 heavy (non-hydrogen) atoms. The minimum absolute atomic E-state index is 0.0321. The van der Waals surface area contributed by atoms with Crippen molar-refractivity contribution in [2.24, 2.45) is 0 Å². The number of piperidine rings is 1. The molecule has 0 aliphatic carbocycles. The molecule has 0 atom stereocenters. The highest BCUT2D eigenvalue weighted by Crippen LogP contribution is 2.33. The Morgan fingerprint density at radius 2 is 1.44 bits per heavy atom. The van der Waals surface area contributed by atoms with E-state index in [1.54, 1.807) is 6.33 Å². The summed E-state index contributed by atoms with van der Waals surface area (Å²) >= 11 is 0. The van der Waals surface area contributed by atoms with Crippen molar-refractivity contribution in [3.8, 4) is 0 Å². The van der Waals surface area contributed by atoms with Crippen LogP contribution in [0, 0.1) is 0 Å². The van der Waals surface area contributed by atoms with Gasteiger partial charge in [-0.25, -0.2) is 14.8 Å². The SMILES string of the molecule is CC.CNC.O=C(Nc1ccc(N2CCOCC2)cc1)N1CCC(c2ncnc3cc(N4CCCC4)ccc23)CC1. The second-order valence-corrected chi connectivity index (χ2v) is 10.5. The lowest BCUT2D eigenvalue weighted by molar-refractivity contribution is 0.122. The molecule has 3 aliphatic rings. The summed E-state index contributed by atoms with van der Waals surface area (Å²) in [5.74, 6) is 0.338. The molecule has 3 saturated heterocycles. The Balaban J connectivity index is 0.000000728. The van der Waals surface area contributed by atoms with Crippen LogP contribution in [0.1, 0.15) is 51.1 Å². The first kappa shape index (κ1) is 30.5. The van der Waals surface area contributed by atoms with Gasteiger partial charge >= 0.3 is 6.03 Å². The lowest BCUT2D eigenvalue weighted by Gasteiger charge is -2.32. The normalized spacial score (nSPS) is 17.4. The maximum Gasteiger partial charge on any atom is 0.321 e. The van der Waals surface area contributed by atoms with Crippen molar-refractivity contribution < 1.29 is 9.53 Å². The largest absolute Gasteiger partial charge is 0.378 e. The summed E-state index contributed by atoms with van der Waals surface area (Å²) in [4.78, 5) is 28.9. The summed E-state index contributed by atoms with van der Waals surface area (Å²) < 4.78 is 5.43. The van der Waals surface area contributed by atoms with Crippen LogP contribution >= 0.6 is 0 Å². The van der Waals surface area contributed by atoms with E-state index in [1.165, 1.54) is 24.2 Å². The van der Waals surface area contributed by atoms with Crippen LogP contribution in [0.25, 0.3) is 10.9 Å². The van der Waals surface area contributed by atoms with Gasteiger partial charge in [-0.2, -0.15) is 0 Å². The Morgan fingerprint density at radius 3 is 2.10 bits per heavy atom. The molecule has 0 radical (unpaired) electrons. The zero-order valence-electron chi connectivity index (χ0n) is 25.2. The molecule has 0 saturated carbocycles. The molecule has 0 unspecified atom stereocenters. The number of fused-ring (bicyclic) bond motifs is 1. The monoisotopic (exact) mass is 561 g/mol. The summed E-state index contributed by atoms with van der Waals surface area (Å²) in [6.45, 7) is 11.0. The molecule has 4 heterocycles. The number of nitrogens with zero attached hydrogens (tertiary/aromatic N) is 5. The number of urea groups is 1. The fourth-order valence-electron chi connectivity index (χ4n) is 5.70. The molecule has 6 rings (SSSR count). The summed E-state index contributed by atoms with van der Waals surface area (Å²) in [7, 11) is 3.75. The van der Waals surface area contributed by atoms with Crippen LogP contribution in [-0.2, 0) is 4.74 Å². The van der Waals surface area contributed by atoms with Gasteiger partial charge in [-0.1, -0.05) is 13.8 Å². The molecule has 0 spiro atoms. The molecule has 222 valence electrons. The molecule has 2 N–H and O–H groups in total. The second kappa shape index (κ2) is 15.5. The van der Waals surface area contributed by atoms with Gasteiger partial charge in [-0.15, -0.1) is 0 Å². The smallest absolute Gasteiger partial charge is 0.321 e. The van der Waals surface area contributed by atoms with E-state index in [0.29, 0.717) is 5.92 Å². The Morgan fingerprint density at radius 1 is 0.829 bits per heavy atom. The number of hydrogen-bond donors (Lipinski definition) is 2. The van der Waals surface area contributed by atoms with Crippen molar-refractivity contribution in [2.75, 3.05) is 81.7 Å². The number of carbonyl (C=O) groups is 1. The van der Waals surface area contributed by atoms with Crippen LogP contribution in [-0.4, -0.2) is 87.5 Å². The molecule has 2 amide bonds. The number of likely N-dealkylation sites (tertiary alicyclic amines) is 1. The molecular weight excluding hydrogens is 514 g/mol. The van der Waals surface area contributed by atoms with Crippen LogP contribution in [0.4, 0.5) is 21.9 Å². The third kappa shape index (κ3) is 7.86. The van der Waals surface area contributed by atoms with E-state index in [0.717, 1.165) is 87.6 Å². The van der Waals surface area contributed by atoms with Gasteiger partial charge in [0.2, 0.25) is 0 Å². The number of ether oxygens (including phenoxy) is 1. The van der Waals surface area contributed by atoms with Gasteiger partial charge in [-0.3, -0.25) is 0 Å². The summed E-state index contributed by atoms with van der Waals surface area (Å²) in [6, 6.07) is 14.7. The van der Waals surface area contributed by atoms with E-state index in [-0.39, 0.29) is 6.03 Å².